The number of thiocarbonyl (C=S) groups is 1. The van der Waals surface area contributed by atoms with Gasteiger partial charge in [0.25, 0.3) is 11.5 Å². The average molecular weight is 486 g/mol. The Morgan fingerprint density at radius 3 is 2.42 bits per heavy atom. The maximum atomic E-state index is 13.4. The Hall–Kier alpha value is -2.15. The number of carbonyl (C=O) groups is 1. The minimum Gasteiger partial charge on any atom is -0.355 e. The number of thioether (sulfide) groups is 1. The Morgan fingerprint density at radius 1 is 1.15 bits per heavy atom. The largest absolute Gasteiger partial charge is 0.355 e. The summed E-state index contributed by atoms with van der Waals surface area (Å²) in [6, 6.07) is 2.28. The summed E-state index contributed by atoms with van der Waals surface area (Å²) in [7, 11) is 2.09. The van der Waals surface area contributed by atoms with Crippen LogP contribution in [0.15, 0.2) is 9.70 Å². The van der Waals surface area contributed by atoms with E-state index in [4.69, 9.17) is 12.2 Å². The van der Waals surface area contributed by atoms with Gasteiger partial charge in [-0.2, -0.15) is 5.26 Å². The number of piperazine rings is 1. The molecular weight excluding hydrogens is 454 g/mol. The number of amides is 1. The summed E-state index contributed by atoms with van der Waals surface area (Å²) < 4.78 is 2.30. The molecule has 0 bridgehead atoms. The molecule has 0 spiro atoms. The minimum atomic E-state index is -0.265. The molecule has 33 heavy (non-hydrogen) atoms. The maximum absolute atomic E-state index is 13.4. The van der Waals surface area contributed by atoms with Crippen molar-refractivity contribution in [3.8, 4) is 6.07 Å². The van der Waals surface area contributed by atoms with Crippen LogP contribution in [0.1, 0.15) is 55.7 Å². The summed E-state index contributed by atoms with van der Waals surface area (Å²) in [4.78, 5) is 33.4. The summed E-state index contributed by atoms with van der Waals surface area (Å²) in [6.45, 7) is 7.53. The number of nitriles is 1. The Kier molecular flexibility index (Phi) is 7.27. The number of nitrogens with zero attached hydrogens (tertiary/aromatic N) is 5. The number of rotatable bonds is 4. The second-order valence-corrected chi connectivity index (χ2v) is 10.7. The monoisotopic (exact) mass is 485 g/mol. The summed E-state index contributed by atoms with van der Waals surface area (Å²) in [5, 5.41) is 9.74. The predicted octanol–water partition coefficient (Wildman–Crippen LogP) is 3.33. The molecule has 7 nitrogen and oxygen atoms in total. The van der Waals surface area contributed by atoms with Crippen LogP contribution < -0.4 is 10.5 Å². The van der Waals surface area contributed by atoms with Gasteiger partial charge in [0.1, 0.15) is 21.8 Å². The van der Waals surface area contributed by atoms with Crippen LogP contribution >= 0.6 is 24.0 Å². The molecule has 1 aromatic rings. The van der Waals surface area contributed by atoms with E-state index in [2.05, 4.69) is 22.9 Å². The Bertz CT molecular complexity index is 1090. The molecule has 0 aromatic carbocycles. The Balaban J connectivity index is 1.82. The predicted molar refractivity (Wildman–Crippen MR) is 137 cm³/mol. The molecule has 0 atom stereocenters. The number of carbonyl (C=O) groups excluding carboxylic acids is 1. The standard InChI is InChI=1S/C24H31N5O2S2/c1-4-28-21(27-12-10-26(3)11-13-27)18(16(2)19(15-25)22(28)30)14-20-23(31)29(24(32)33-20)17-8-6-5-7-9-17/h14,17H,4-13H2,1-3H3/b20-14-. The number of likely N-dealkylation sites (N-methyl/N-ethyl adjacent to an activating group) is 1. The van der Waals surface area contributed by atoms with Crippen molar-refractivity contribution in [2.75, 3.05) is 38.1 Å². The highest BCUT2D eigenvalue weighted by Gasteiger charge is 2.38. The van der Waals surface area contributed by atoms with Crippen molar-refractivity contribution in [2.24, 2.45) is 0 Å². The fraction of sp³-hybridized carbons (Fsp3) is 0.583. The molecule has 1 saturated carbocycles. The smallest absolute Gasteiger partial charge is 0.270 e. The summed E-state index contributed by atoms with van der Waals surface area (Å²) in [5.41, 5.74) is 1.29. The SMILES string of the molecule is CCn1c(N2CCN(C)CC2)c(/C=C2\SC(=S)N(C3CCCCC3)C2=O)c(C)c(C#N)c1=O. The number of pyridine rings is 1. The number of anilines is 1. The van der Waals surface area contributed by atoms with Crippen molar-refractivity contribution in [3.63, 3.8) is 0 Å². The van der Waals surface area contributed by atoms with Gasteiger partial charge in [-0.05, 0) is 45.4 Å². The third-order valence-electron chi connectivity index (χ3n) is 7.00. The van der Waals surface area contributed by atoms with Crippen LogP contribution in [0.3, 0.4) is 0 Å². The first kappa shape index (κ1) is 24.0. The summed E-state index contributed by atoms with van der Waals surface area (Å²) in [5.74, 6) is 0.753. The fourth-order valence-corrected chi connectivity index (χ4v) is 6.44. The third kappa shape index (κ3) is 4.48. The van der Waals surface area contributed by atoms with Gasteiger partial charge in [-0.3, -0.25) is 19.1 Å². The van der Waals surface area contributed by atoms with Gasteiger partial charge in [0.2, 0.25) is 0 Å². The van der Waals surface area contributed by atoms with Crippen molar-refractivity contribution in [1.82, 2.24) is 14.4 Å². The number of hydrogen-bond donors (Lipinski definition) is 0. The van der Waals surface area contributed by atoms with Crippen LogP contribution in [0.2, 0.25) is 0 Å². The van der Waals surface area contributed by atoms with Crippen LogP contribution in [0.4, 0.5) is 5.82 Å². The molecule has 9 heteroatoms. The van der Waals surface area contributed by atoms with Crippen LogP contribution in [-0.2, 0) is 11.3 Å². The van der Waals surface area contributed by atoms with Crippen molar-refractivity contribution in [1.29, 1.82) is 5.26 Å². The van der Waals surface area contributed by atoms with E-state index in [1.807, 2.05) is 19.9 Å². The summed E-state index contributed by atoms with van der Waals surface area (Å²) >= 11 is 6.95. The van der Waals surface area contributed by atoms with Gasteiger partial charge in [0, 0.05) is 44.3 Å². The zero-order valence-electron chi connectivity index (χ0n) is 19.6. The molecular formula is C24H31N5O2S2. The van der Waals surface area contributed by atoms with E-state index < -0.39 is 0 Å². The van der Waals surface area contributed by atoms with Gasteiger partial charge >= 0.3 is 0 Å². The Labute approximate surface area is 205 Å². The van der Waals surface area contributed by atoms with Crippen molar-refractivity contribution in [3.05, 3.63) is 31.9 Å². The molecule has 1 aromatic heterocycles. The molecule has 1 aliphatic carbocycles. The molecule has 0 radical (unpaired) electrons. The van der Waals surface area contributed by atoms with E-state index in [-0.39, 0.29) is 23.1 Å². The fourth-order valence-electron chi connectivity index (χ4n) is 5.06. The van der Waals surface area contributed by atoms with Crippen molar-refractivity contribution < 1.29 is 4.79 Å². The molecule has 0 unspecified atom stereocenters. The molecule has 176 valence electrons. The number of aromatic nitrogens is 1. The van der Waals surface area contributed by atoms with Crippen molar-refractivity contribution >= 4 is 46.1 Å². The van der Waals surface area contributed by atoms with E-state index in [0.717, 1.165) is 63.2 Å². The van der Waals surface area contributed by atoms with E-state index in [1.54, 1.807) is 9.47 Å². The molecule has 3 aliphatic rings. The minimum absolute atomic E-state index is 0.0478. The second kappa shape index (κ2) is 10.00. The molecule has 4 rings (SSSR count). The maximum Gasteiger partial charge on any atom is 0.270 e. The lowest BCUT2D eigenvalue weighted by molar-refractivity contribution is -0.124. The molecule has 3 heterocycles. The zero-order valence-corrected chi connectivity index (χ0v) is 21.2. The van der Waals surface area contributed by atoms with Gasteiger partial charge in [0.05, 0.1) is 4.91 Å². The van der Waals surface area contributed by atoms with Gasteiger partial charge in [-0.15, -0.1) is 0 Å². The van der Waals surface area contributed by atoms with Crippen LogP contribution in [-0.4, -0.2) is 63.9 Å². The van der Waals surface area contributed by atoms with Gasteiger partial charge < -0.3 is 9.80 Å². The lowest BCUT2D eigenvalue weighted by Gasteiger charge is -2.36. The van der Waals surface area contributed by atoms with Gasteiger partial charge in [-0.1, -0.05) is 43.2 Å². The molecule has 2 saturated heterocycles. The second-order valence-electron chi connectivity index (χ2n) is 9.03. The third-order valence-corrected chi connectivity index (χ3v) is 8.33. The molecule has 0 N–H and O–H groups in total. The normalized spacial score (nSPS) is 21.8. The van der Waals surface area contributed by atoms with E-state index >= 15 is 0 Å². The first-order chi connectivity index (χ1) is 15.9. The first-order valence-corrected chi connectivity index (χ1v) is 13.0. The molecule has 2 aliphatic heterocycles. The highest BCUT2D eigenvalue weighted by atomic mass is 32.2. The van der Waals surface area contributed by atoms with Crippen LogP contribution in [0.5, 0.6) is 0 Å². The van der Waals surface area contributed by atoms with Crippen LogP contribution in [0, 0.1) is 18.3 Å². The Morgan fingerprint density at radius 2 is 1.82 bits per heavy atom. The van der Waals surface area contributed by atoms with Gasteiger partial charge in [0.15, 0.2) is 0 Å². The van der Waals surface area contributed by atoms with Crippen molar-refractivity contribution in [2.45, 2.75) is 58.5 Å². The quantitative estimate of drug-likeness (QED) is 0.478. The highest BCUT2D eigenvalue weighted by Crippen LogP contribution is 2.39. The van der Waals surface area contributed by atoms with Crippen LogP contribution in [0.25, 0.3) is 6.08 Å². The van der Waals surface area contributed by atoms with E-state index in [1.165, 1.54) is 18.2 Å². The zero-order chi connectivity index (χ0) is 23.7. The lowest BCUT2D eigenvalue weighted by atomic mass is 9.94. The molecule has 1 amide bonds. The molecule has 3 fully saturated rings. The summed E-state index contributed by atoms with van der Waals surface area (Å²) in [6.07, 6.45) is 7.32. The number of hydrogen-bond acceptors (Lipinski definition) is 7. The highest BCUT2D eigenvalue weighted by molar-refractivity contribution is 8.26. The van der Waals surface area contributed by atoms with E-state index in [0.29, 0.717) is 21.3 Å². The lowest BCUT2D eigenvalue weighted by Crippen LogP contribution is -2.47. The van der Waals surface area contributed by atoms with Gasteiger partial charge in [-0.25, -0.2) is 0 Å². The topological polar surface area (TPSA) is 72.6 Å². The van der Waals surface area contributed by atoms with E-state index in [9.17, 15) is 14.9 Å². The first-order valence-electron chi connectivity index (χ1n) is 11.7. The average Bonchev–Trinajstić information content (AvgIpc) is 3.09.